The summed E-state index contributed by atoms with van der Waals surface area (Å²) in [6, 6.07) is 22.5. The maximum absolute atomic E-state index is 12.8. The molecule has 13 rings (SSSR count). The number of aliphatic hydroxyl groups excluding tert-OH is 3. The number of carbonyl (C=O) groups is 4. The third-order valence-electron chi connectivity index (χ3n) is 16.8. The first-order valence-electron chi connectivity index (χ1n) is 36.1. The smallest absolute Gasteiger partial charge is 0.253 e. The van der Waals surface area contributed by atoms with Crippen LogP contribution < -0.4 is 32.1 Å². The maximum atomic E-state index is 12.8. The summed E-state index contributed by atoms with van der Waals surface area (Å²) in [6.45, 7) is 10.1. The van der Waals surface area contributed by atoms with Crippen molar-refractivity contribution in [2.24, 2.45) is 22.1 Å². The molecule has 0 aliphatic carbocycles. The van der Waals surface area contributed by atoms with Crippen molar-refractivity contribution in [2.75, 3.05) is 98.8 Å². The average Bonchev–Trinajstić information content (AvgIpc) is 1.58. The van der Waals surface area contributed by atoms with E-state index in [1.807, 2.05) is 25.1 Å². The third kappa shape index (κ3) is 34.9. The van der Waals surface area contributed by atoms with Crippen molar-refractivity contribution < 1.29 is 118 Å². The molecular weight excluding hydrogens is 2370 g/mol. The van der Waals surface area contributed by atoms with Gasteiger partial charge in [0.1, 0.15) is 29.6 Å². The van der Waals surface area contributed by atoms with Gasteiger partial charge in [0.2, 0.25) is 20.0 Å². The number of thiophene rings is 8. The van der Waals surface area contributed by atoms with E-state index < -0.39 is 78.5 Å². The van der Waals surface area contributed by atoms with Crippen LogP contribution in [0, 0.1) is 0 Å². The Morgan fingerprint density at radius 1 is 0.523 bits per heavy atom. The number of nitrogens with zero attached hydrogens (tertiary/aromatic N) is 3. The van der Waals surface area contributed by atoms with Crippen molar-refractivity contribution in [1.29, 1.82) is 0 Å². The Labute approximate surface area is 856 Å². The van der Waals surface area contributed by atoms with Gasteiger partial charge in [0.25, 0.3) is 40.1 Å². The lowest BCUT2D eigenvalue weighted by molar-refractivity contribution is -0.195. The number of ketones is 4. The van der Waals surface area contributed by atoms with Gasteiger partial charge >= 0.3 is 0 Å². The van der Waals surface area contributed by atoms with Gasteiger partial charge in [0.15, 0.2) is 23.1 Å². The molecule has 61 heteroatoms. The van der Waals surface area contributed by atoms with Crippen LogP contribution in [0.1, 0.15) is 141 Å². The summed E-state index contributed by atoms with van der Waals surface area (Å²) in [5.41, 5.74) is 4.54. The molecule has 726 valence electrons. The number of nitrogens with two attached hydrogens (primary N) is 4. The van der Waals surface area contributed by atoms with Gasteiger partial charge in [-0.05, 0) is 101 Å². The first-order valence-corrected chi connectivity index (χ1v) is 57.8. The van der Waals surface area contributed by atoms with Crippen molar-refractivity contribution in [3.63, 3.8) is 0 Å². The second-order valence-corrected chi connectivity index (χ2v) is 54.4. The fourth-order valence-corrected chi connectivity index (χ4v) is 35.1. The molecule has 9 aromatic rings. The van der Waals surface area contributed by atoms with E-state index in [2.05, 4.69) is 56.7 Å². The van der Waals surface area contributed by atoms with Crippen LogP contribution in [0.5, 0.6) is 0 Å². The summed E-state index contributed by atoms with van der Waals surface area (Å²) in [6.07, 6.45) is -0.653. The molecule has 35 nitrogen and oxygen atoms in total. The molecule has 12 heterocycles. The minimum absolute atomic E-state index is 0. The van der Waals surface area contributed by atoms with Crippen LogP contribution in [0.15, 0.2) is 117 Å². The molecule has 0 spiro atoms. The number of hydrogen-bond acceptors (Lipinski definition) is 40. The van der Waals surface area contributed by atoms with Gasteiger partial charge in [0.05, 0.1) is 91.9 Å². The zero-order valence-corrected chi connectivity index (χ0v) is 91.5. The Morgan fingerprint density at radius 2 is 0.908 bits per heavy atom. The zero-order chi connectivity index (χ0) is 96.4. The molecule has 0 bridgehead atoms. The van der Waals surface area contributed by atoms with Crippen LogP contribution in [0.4, 0.5) is 0 Å². The fraction of sp³-hybridized carbons (Fsp3) is 0.391. The lowest BCUT2D eigenvalue weighted by Gasteiger charge is -2.32. The van der Waals surface area contributed by atoms with Crippen LogP contribution >= 0.6 is 248 Å². The Balaban J connectivity index is 0.000000266. The van der Waals surface area contributed by atoms with Crippen molar-refractivity contribution in [3.05, 3.63) is 159 Å². The molecule has 0 saturated heterocycles. The molecule has 0 radical (unpaired) electrons. The average molecular weight is 2460 g/mol. The lowest BCUT2D eigenvalue weighted by Crippen LogP contribution is -2.43. The Morgan fingerprint density at radius 3 is 1.32 bits per heavy atom. The predicted molar refractivity (Wildman–Crippen MR) is 529 cm³/mol. The van der Waals surface area contributed by atoms with E-state index in [-0.39, 0.29) is 119 Å². The predicted octanol–water partition coefficient (Wildman–Crippen LogP) is 15.8. The second-order valence-electron chi connectivity index (χ2n) is 25.9. The number of sulfonamides is 6. The van der Waals surface area contributed by atoms with Crippen molar-refractivity contribution in [3.8, 4) is 0 Å². The summed E-state index contributed by atoms with van der Waals surface area (Å²) >= 11 is 54.5. The van der Waals surface area contributed by atoms with Crippen molar-refractivity contribution in [1.82, 2.24) is 23.0 Å². The third-order valence-corrected chi connectivity index (χ3v) is 42.3. The molecule has 130 heavy (non-hydrogen) atoms. The second kappa shape index (κ2) is 55.8. The summed E-state index contributed by atoms with van der Waals surface area (Å²) in [5.74, 6) is 9.72. The van der Waals surface area contributed by atoms with E-state index in [4.69, 9.17) is 117 Å². The molecule has 8 aromatic heterocycles. The molecular formula is C69H84BrCl7IN9O26S17. The molecule has 0 amide bonds. The van der Waals surface area contributed by atoms with Gasteiger partial charge in [-0.1, -0.05) is 134 Å². The Bertz CT molecular complexity index is 6010. The number of primary sulfonamides is 2. The summed E-state index contributed by atoms with van der Waals surface area (Å²) in [7, 11) is -17.1. The monoisotopic (exact) mass is 2450 g/mol. The molecule has 4 aliphatic heterocycles. The van der Waals surface area contributed by atoms with Gasteiger partial charge in [-0.25, -0.2) is 65.5 Å². The number of fused-ring (bicyclic) bond motifs is 4. The number of likely N-dealkylation sites (N-methyl/N-ethyl adjacent to an activating group) is 1. The number of β-amino-alcohol motifs (C(OH)–C–C–N with tert-alkyl or cyclic N) is 3. The number of methoxy groups -OCH3 is 3. The number of nitrogens with one attached hydrogen (secondary N) is 2. The first kappa shape index (κ1) is 119. The summed E-state index contributed by atoms with van der Waals surface area (Å²) in [4.78, 5) is 52.4. The van der Waals surface area contributed by atoms with Gasteiger partial charge < -0.3 is 34.8 Å². The lowest BCUT2D eigenvalue weighted by atomic mass is 10.1. The summed E-state index contributed by atoms with van der Waals surface area (Å²) < 4.78 is 178. The normalized spacial score (nSPS) is 17.4. The number of halogens is 9. The number of benzene rings is 1. The Kier molecular flexibility index (Phi) is 51.2. The van der Waals surface area contributed by atoms with Crippen LogP contribution in [-0.4, -0.2) is 201 Å². The molecule has 4 aliphatic rings. The highest BCUT2D eigenvalue weighted by molar-refractivity contribution is 14.0. The minimum Gasteiger partial charge on any atom is -0.387 e. The standard InChI is InChI=1S/C13H11ClOS2.C12H21N3O5S3.C10H14ClNO4S2.C10H16N2O6S3.C6H5BrClNO3S2.C6H4Cl2OS.2C6H6ClNO3S2.HI/c1-9(15)11-7-12(14)17-13(11)16-8-10-5-3-2-4-6-10;1-3-14-10-8-15(5-4-6-18-2)23(16,17)12-9(10)7-11(21-12)22-20-19-13;1-16-4-2-3-12-6-8(13)7-5-9(11)17-10(7)18(12,14)15;1-16-4-2-3-12-6-8(13)7-5-9(20-18-17-11)19-10(7)21(12,14)15;7-2-4(10)3-1-5(8)13-6(3)14(9,11)12;1-3(9)4-2-5(7)10-6(4)8;7-5-1-3-4(9)2-8-13(10,11)6(3)12-5;1-3(9)4-2-5(7)12-6(4)13(8,10)11;/h2-7H,8H2,1H3;7,10,14H,3-6,8,13H2,1-2H3;5,8,13H,2-4,6H2,1H3;5,8,13H,2-4,6,11H2,1H3;1H,2H2,(H2,9,11,12);2H,1H3;1,4,8-9H,2H2;2H,1H3,(H2,8,10,11);1H/t;10-;2*8-;;;4-;;/m.011..1../s1. The van der Waals surface area contributed by atoms with Gasteiger partial charge in [0, 0.05) is 138 Å². The fourth-order valence-electron chi connectivity index (χ4n) is 11.1. The number of carbonyl (C=O) groups excluding carboxylic acids is 4. The van der Waals surface area contributed by atoms with Gasteiger partial charge in [-0.2, -0.15) is 24.7 Å². The number of hydrogen-bond donors (Lipinski definition) is 9. The molecule has 0 fully saturated rings. The molecule has 4 atom stereocenters. The molecule has 1 aromatic carbocycles. The first-order chi connectivity index (χ1) is 60.5. The van der Waals surface area contributed by atoms with E-state index in [9.17, 15) is 85.0 Å². The van der Waals surface area contributed by atoms with E-state index in [0.717, 1.165) is 120 Å². The number of thioether (sulfide) groups is 1. The molecule has 0 saturated carbocycles. The minimum atomic E-state index is -3.88. The molecule has 13 N–H and O–H groups in total. The van der Waals surface area contributed by atoms with E-state index >= 15 is 0 Å². The van der Waals surface area contributed by atoms with Crippen molar-refractivity contribution >= 4 is 331 Å². The highest BCUT2D eigenvalue weighted by Crippen LogP contribution is 2.46. The number of rotatable bonds is 30. The summed E-state index contributed by atoms with van der Waals surface area (Å²) in [5, 5.41) is 42.7. The highest BCUT2D eigenvalue weighted by atomic mass is 127. The van der Waals surface area contributed by atoms with Crippen LogP contribution in [0.3, 0.4) is 0 Å². The zero-order valence-electron chi connectivity index (χ0n) is 68.4. The van der Waals surface area contributed by atoms with Crippen LogP contribution in [0.2, 0.25) is 30.4 Å². The van der Waals surface area contributed by atoms with Gasteiger partial charge in [-0.15, -0.1) is 145 Å². The van der Waals surface area contributed by atoms with Gasteiger partial charge in [-0.3, -0.25) is 19.2 Å². The van der Waals surface area contributed by atoms with Crippen LogP contribution in [-0.2, 0) is 98.7 Å². The SMILES string of the molecule is CC(=O)c1cc(Cl)sc1Cl.CC(=O)c1cc(Cl)sc1S(N)(=O)=O.CC(=O)c1cc(Cl)sc1SCc1ccccc1.CCN[C@H]1CN(CCCOC)S(=O)(=O)c2sc(SOON)cc21.COCCCN1C[C@@H](O)c2cc(Cl)sc2S1(=O)=O.COCCCN1C[C@@H](O)c2cc(SOON)sc2S1(=O)=O.I.NS(=O)(=O)c1sc(Cl)cc1C(=O)CBr.O=S1(=O)NC[C@@H](O)c2cc(Cl)sc21. The topological polar surface area (TPSA) is 536 Å². The van der Waals surface area contributed by atoms with Crippen molar-refractivity contribution in [2.45, 2.75) is 115 Å². The van der Waals surface area contributed by atoms with E-state index in [1.165, 1.54) is 79.3 Å². The molecule has 0 unspecified atom stereocenters. The quantitative estimate of drug-likeness (QED) is 0.00295. The van der Waals surface area contributed by atoms with E-state index in [0.29, 0.717) is 122 Å². The van der Waals surface area contributed by atoms with Crippen LogP contribution in [0.25, 0.3) is 0 Å². The number of ether oxygens (including phenoxy) is 3. The maximum Gasteiger partial charge on any atom is 0.253 e. The number of Topliss-reactive ketones (excluding diaryl/α,β-unsaturated/α-hetero) is 4. The van der Waals surface area contributed by atoms with E-state index in [1.54, 1.807) is 64.3 Å². The Hall–Kier alpha value is -1.27. The largest absolute Gasteiger partial charge is 0.387 e. The highest BCUT2D eigenvalue weighted by Gasteiger charge is 2.42. The number of alkyl halides is 1. The number of aliphatic hydroxyl groups is 3.